The fraction of sp³-hybridized carbons (Fsp3) is 0.300. The van der Waals surface area contributed by atoms with Crippen LogP contribution in [0.4, 0.5) is 33.3 Å². The molecule has 18 heavy (non-hydrogen) atoms. The number of carbonyl (C=O) groups is 1. The maximum atomic E-state index is 12.8. The van der Waals surface area contributed by atoms with Crippen LogP contribution in [0.15, 0.2) is 24.3 Å². The predicted octanol–water partition coefficient (Wildman–Crippen LogP) is 2.43. The molecular weight excluding hydrogens is 259 g/mol. The topological polar surface area (TPSA) is 46.3 Å². The van der Waals surface area contributed by atoms with Crippen molar-refractivity contribution in [3.05, 3.63) is 24.3 Å². The fourth-order valence-corrected chi connectivity index (χ4v) is 1.15. The van der Waals surface area contributed by atoms with Crippen molar-refractivity contribution >= 4 is 17.3 Å². The fourth-order valence-electron chi connectivity index (χ4n) is 1.15. The van der Waals surface area contributed by atoms with E-state index >= 15 is 0 Å². The smallest absolute Gasteiger partial charge is 0.399 e. The first-order valence-corrected chi connectivity index (χ1v) is 4.65. The van der Waals surface area contributed by atoms with Crippen LogP contribution in [0.3, 0.4) is 0 Å². The molecule has 1 rings (SSSR count). The molecule has 8 heteroatoms. The summed E-state index contributed by atoms with van der Waals surface area (Å²) in [6, 6.07) is 4.90. The van der Waals surface area contributed by atoms with Gasteiger partial charge < -0.3 is 10.6 Å². The standard InChI is InChI=1S/C10H9F5N2O/c1-17(7-4-2-6(16)3-5-7)8(18)9(11,12)10(13,14)15/h2-5H,16H2,1H3. The number of alkyl halides is 5. The molecule has 1 aromatic carbocycles. The van der Waals surface area contributed by atoms with Crippen molar-refractivity contribution in [2.24, 2.45) is 0 Å². The third kappa shape index (κ3) is 2.52. The van der Waals surface area contributed by atoms with Crippen LogP contribution in [0, 0.1) is 0 Å². The van der Waals surface area contributed by atoms with E-state index in [0.29, 0.717) is 5.69 Å². The number of amides is 1. The van der Waals surface area contributed by atoms with Crippen molar-refractivity contribution < 1.29 is 26.7 Å². The summed E-state index contributed by atoms with van der Waals surface area (Å²) < 4.78 is 61.6. The molecule has 0 bridgehead atoms. The summed E-state index contributed by atoms with van der Waals surface area (Å²) in [4.78, 5) is 11.4. The molecule has 0 fully saturated rings. The predicted molar refractivity (Wildman–Crippen MR) is 55.3 cm³/mol. The molecule has 0 aliphatic carbocycles. The zero-order valence-corrected chi connectivity index (χ0v) is 9.13. The van der Waals surface area contributed by atoms with Gasteiger partial charge in [-0.3, -0.25) is 4.79 Å². The zero-order chi connectivity index (χ0) is 14.1. The van der Waals surface area contributed by atoms with Crippen molar-refractivity contribution in [3.8, 4) is 0 Å². The van der Waals surface area contributed by atoms with Gasteiger partial charge in [-0.05, 0) is 24.3 Å². The minimum absolute atomic E-state index is 0.113. The molecule has 0 radical (unpaired) electrons. The lowest BCUT2D eigenvalue weighted by Crippen LogP contribution is -2.51. The quantitative estimate of drug-likeness (QED) is 0.661. The summed E-state index contributed by atoms with van der Waals surface area (Å²) in [5.41, 5.74) is 5.51. The number of hydrogen-bond donors (Lipinski definition) is 1. The highest BCUT2D eigenvalue weighted by atomic mass is 19.4. The first-order chi connectivity index (χ1) is 8.07. The lowest BCUT2D eigenvalue weighted by Gasteiger charge is -2.24. The maximum Gasteiger partial charge on any atom is 0.463 e. The molecular formula is C10H9F5N2O. The first kappa shape index (κ1) is 14.2. The number of anilines is 2. The van der Waals surface area contributed by atoms with Gasteiger partial charge in [0.05, 0.1) is 0 Å². The van der Waals surface area contributed by atoms with Gasteiger partial charge in [0, 0.05) is 18.4 Å². The normalized spacial score (nSPS) is 12.3. The molecule has 0 spiro atoms. The third-order valence-corrected chi connectivity index (χ3v) is 2.21. The highest BCUT2D eigenvalue weighted by Crippen LogP contribution is 2.37. The van der Waals surface area contributed by atoms with Crippen LogP contribution in [0.5, 0.6) is 0 Å². The number of nitrogen functional groups attached to an aromatic ring is 1. The zero-order valence-electron chi connectivity index (χ0n) is 9.13. The van der Waals surface area contributed by atoms with Gasteiger partial charge in [0.25, 0.3) is 0 Å². The third-order valence-electron chi connectivity index (χ3n) is 2.21. The lowest BCUT2D eigenvalue weighted by atomic mass is 10.2. The molecule has 2 N–H and O–H groups in total. The van der Waals surface area contributed by atoms with E-state index < -0.39 is 18.0 Å². The van der Waals surface area contributed by atoms with E-state index in [1.807, 2.05) is 0 Å². The molecule has 0 heterocycles. The molecule has 1 aromatic rings. The molecule has 0 aromatic heterocycles. The van der Waals surface area contributed by atoms with E-state index in [0.717, 1.165) is 7.05 Å². The number of rotatable bonds is 2. The van der Waals surface area contributed by atoms with E-state index in [1.165, 1.54) is 24.3 Å². The molecule has 0 saturated heterocycles. The van der Waals surface area contributed by atoms with Gasteiger partial charge in [-0.15, -0.1) is 0 Å². The van der Waals surface area contributed by atoms with E-state index in [-0.39, 0.29) is 10.6 Å². The highest BCUT2D eigenvalue weighted by Gasteiger charge is 2.64. The monoisotopic (exact) mass is 268 g/mol. The van der Waals surface area contributed by atoms with Crippen LogP contribution in [0.2, 0.25) is 0 Å². The van der Waals surface area contributed by atoms with Gasteiger partial charge in [-0.1, -0.05) is 0 Å². The van der Waals surface area contributed by atoms with Crippen LogP contribution in [-0.2, 0) is 4.79 Å². The molecule has 0 saturated carbocycles. The Morgan fingerprint density at radius 3 is 1.94 bits per heavy atom. The summed E-state index contributed by atoms with van der Waals surface area (Å²) >= 11 is 0. The van der Waals surface area contributed by atoms with E-state index in [9.17, 15) is 26.7 Å². The molecule has 0 unspecified atom stereocenters. The Morgan fingerprint density at radius 1 is 1.11 bits per heavy atom. The number of halogens is 5. The van der Waals surface area contributed by atoms with Crippen molar-refractivity contribution in [2.45, 2.75) is 12.1 Å². The molecule has 1 amide bonds. The van der Waals surface area contributed by atoms with Crippen LogP contribution >= 0.6 is 0 Å². The Hall–Kier alpha value is -1.86. The van der Waals surface area contributed by atoms with Crippen LogP contribution in [0.25, 0.3) is 0 Å². The van der Waals surface area contributed by atoms with E-state index in [2.05, 4.69) is 0 Å². The summed E-state index contributed by atoms with van der Waals surface area (Å²) in [6.45, 7) is 0. The van der Waals surface area contributed by atoms with Gasteiger partial charge in [-0.2, -0.15) is 22.0 Å². The van der Waals surface area contributed by atoms with Crippen molar-refractivity contribution in [1.82, 2.24) is 0 Å². The number of nitrogens with two attached hydrogens (primary N) is 1. The minimum Gasteiger partial charge on any atom is -0.399 e. The Balaban J connectivity index is 3.01. The van der Waals surface area contributed by atoms with E-state index in [4.69, 9.17) is 5.73 Å². The number of carbonyl (C=O) groups excluding carboxylic acids is 1. The first-order valence-electron chi connectivity index (χ1n) is 4.65. The number of nitrogens with zero attached hydrogens (tertiary/aromatic N) is 1. The van der Waals surface area contributed by atoms with Crippen LogP contribution < -0.4 is 10.6 Å². The van der Waals surface area contributed by atoms with E-state index in [1.54, 1.807) is 0 Å². The molecule has 100 valence electrons. The van der Waals surface area contributed by atoms with Crippen molar-refractivity contribution in [3.63, 3.8) is 0 Å². The second-order valence-electron chi connectivity index (χ2n) is 3.53. The van der Waals surface area contributed by atoms with Crippen molar-refractivity contribution in [1.29, 1.82) is 0 Å². The van der Waals surface area contributed by atoms with Crippen molar-refractivity contribution in [2.75, 3.05) is 17.7 Å². The van der Waals surface area contributed by atoms with Gasteiger partial charge in [-0.25, -0.2) is 0 Å². The van der Waals surface area contributed by atoms with Gasteiger partial charge in [0.2, 0.25) is 0 Å². The number of benzene rings is 1. The van der Waals surface area contributed by atoms with Crippen LogP contribution in [0.1, 0.15) is 0 Å². The molecule has 0 aliphatic rings. The summed E-state index contributed by atoms with van der Waals surface area (Å²) in [5, 5.41) is 0. The largest absolute Gasteiger partial charge is 0.463 e. The summed E-state index contributed by atoms with van der Waals surface area (Å²) in [6.07, 6.45) is -5.92. The average Bonchev–Trinajstić information content (AvgIpc) is 2.26. The molecule has 3 nitrogen and oxygen atoms in total. The van der Waals surface area contributed by atoms with Gasteiger partial charge in [0.1, 0.15) is 0 Å². The average molecular weight is 268 g/mol. The second kappa shape index (κ2) is 4.43. The maximum absolute atomic E-state index is 12.8. The van der Waals surface area contributed by atoms with Crippen LogP contribution in [-0.4, -0.2) is 25.1 Å². The highest BCUT2D eigenvalue weighted by molar-refractivity contribution is 5.98. The Labute approximate surface area is 99.0 Å². The SMILES string of the molecule is CN(C(=O)C(F)(F)C(F)(F)F)c1ccc(N)cc1. The number of hydrogen-bond acceptors (Lipinski definition) is 2. The molecule has 0 atom stereocenters. The Morgan fingerprint density at radius 2 is 1.56 bits per heavy atom. The second-order valence-corrected chi connectivity index (χ2v) is 3.53. The summed E-state index contributed by atoms with van der Waals surface area (Å²) in [7, 11) is 0.827. The lowest BCUT2D eigenvalue weighted by molar-refractivity contribution is -0.268. The van der Waals surface area contributed by atoms with Gasteiger partial charge >= 0.3 is 18.0 Å². The van der Waals surface area contributed by atoms with Gasteiger partial charge in [0.15, 0.2) is 0 Å². The summed E-state index contributed by atoms with van der Waals surface area (Å²) in [5.74, 6) is -7.77. The minimum atomic E-state index is -5.92. The molecule has 0 aliphatic heterocycles. The Bertz CT molecular complexity index is 441. The Kier molecular flexibility index (Phi) is 3.50.